The van der Waals surface area contributed by atoms with Crippen LogP contribution in [-0.2, 0) is 23.5 Å². The van der Waals surface area contributed by atoms with E-state index < -0.39 is 10.4 Å². The van der Waals surface area contributed by atoms with E-state index in [0.717, 1.165) is 0 Å². The number of unbranched alkanes of at least 4 members (excludes halogenated alkanes) is 54. The summed E-state index contributed by atoms with van der Waals surface area (Å²) in [6, 6.07) is 23.1. The minimum Gasteiger partial charge on any atom is -0.759 e. The molecule has 2 aromatic rings. The highest BCUT2D eigenvalue weighted by Crippen LogP contribution is 2.26. The zero-order chi connectivity index (χ0) is 67.8. The lowest BCUT2D eigenvalue weighted by molar-refractivity contribution is -0.941. The van der Waals surface area contributed by atoms with Crippen LogP contribution in [0.1, 0.15) is 438 Å². The van der Waals surface area contributed by atoms with Crippen LogP contribution in [0.4, 0.5) is 0 Å². The van der Waals surface area contributed by atoms with E-state index in [1.165, 1.54) is 447 Å². The minimum atomic E-state index is -5.17. The van der Waals surface area contributed by atoms with Gasteiger partial charge in [0.05, 0.1) is 39.3 Å². The third-order valence-corrected chi connectivity index (χ3v) is 20.6. The first-order chi connectivity index (χ1) is 45.5. The van der Waals surface area contributed by atoms with Gasteiger partial charge in [-0.15, -0.1) is 0 Å². The Bertz CT molecular complexity index is 1580. The summed E-state index contributed by atoms with van der Waals surface area (Å²) in [5.41, 5.74) is 3.14. The predicted molar refractivity (Wildman–Crippen MR) is 412 cm³/mol. The van der Waals surface area contributed by atoms with E-state index in [-0.39, 0.29) is 0 Å². The van der Waals surface area contributed by atoms with Crippen LogP contribution in [0.3, 0.4) is 0 Å². The first kappa shape index (κ1) is 91.2. The van der Waals surface area contributed by atoms with E-state index in [2.05, 4.69) is 102 Å². The van der Waals surface area contributed by atoms with Gasteiger partial charge in [0, 0.05) is 21.5 Å². The average Bonchev–Trinajstić information content (AvgIpc) is 1.24. The smallest absolute Gasteiger partial charge is 0.104 e. The van der Waals surface area contributed by atoms with Crippen molar-refractivity contribution in [3.8, 4) is 0 Å². The van der Waals surface area contributed by atoms with Gasteiger partial charge in [-0.1, -0.05) is 410 Å². The number of nitrogens with zero attached hydrogens (tertiary/aromatic N) is 2. The monoisotopic (exact) mass is 1320 g/mol. The number of hydrogen-bond acceptors (Lipinski definition) is 4. The first-order valence-corrected chi connectivity index (χ1v) is 43.3. The molecule has 0 N–H and O–H groups in total. The third-order valence-electron chi connectivity index (χ3n) is 20.6. The molecule has 0 aromatic heterocycles. The largest absolute Gasteiger partial charge is 0.759 e. The molecular formula is C86H164N2O4S. The Kier molecular flexibility index (Phi) is 70.2. The van der Waals surface area contributed by atoms with Gasteiger partial charge in [0.25, 0.3) is 0 Å². The van der Waals surface area contributed by atoms with Crippen molar-refractivity contribution in [2.75, 3.05) is 39.3 Å². The topological polar surface area (TPSA) is 80.3 Å². The van der Waals surface area contributed by atoms with Crippen molar-refractivity contribution < 1.29 is 26.5 Å². The summed E-state index contributed by atoms with van der Waals surface area (Å²) in [4.78, 5) is 0. The molecule has 7 heteroatoms. The van der Waals surface area contributed by atoms with Crippen LogP contribution >= 0.6 is 0 Å². The van der Waals surface area contributed by atoms with Crippen molar-refractivity contribution in [2.45, 2.75) is 440 Å². The van der Waals surface area contributed by atoms with Gasteiger partial charge in [0.2, 0.25) is 0 Å². The van der Waals surface area contributed by atoms with Crippen molar-refractivity contribution in [3.63, 3.8) is 0 Å². The van der Waals surface area contributed by atoms with Crippen molar-refractivity contribution in [3.05, 3.63) is 71.8 Å². The number of hydrogen-bond donors (Lipinski definition) is 0. The van der Waals surface area contributed by atoms with Crippen LogP contribution in [0.5, 0.6) is 0 Å². The van der Waals surface area contributed by atoms with E-state index in [1.807, 2.05) is 0 Å². The lowest BCUT2D eigenvalue weighted by Gasteiger charge is -2.39. The zero-order valence-corrected chi connectivity index (χ0v) is 64.6. The maximum absolute atomic E-state index is 8.52. The summed E-state index contributed by atoms with van der Waals surface area (Å²) in [5, 5.41) is 0. The molecule has 0 heterocycles. The molecule has 0 aliphatic carbocycles. The molecule has 548 valence electrons. The molecule has 2 rings (SSSR count). The quantitative estimate of drug-likeness (QED) is 0.0286. The van der Waals surface area contributed by atoms with Crippen LogP contribution in [-0.4, -0.2) is 65.8 Å². The van der Waals surface area contributed by atoms with E-state index in [1.54, 1.807) is 11.1 Å². The Balaban J connectivity index is 0.00000169. The van der Waals surface area contributed by atoms with Crippen LogP contribution in [0.25, 0.3) is 0 Å². The van der Waals surface area contributed by atoms with Crippen LogP contribution in [0, 0.1) is 0 Å². The molecule has 0 saturated carbocycles. The second-order valence-electron chi connectivity index (χ2n) is 29.8. The molecule has 93 heavy (non-hydrogen) atoms. The van der Waals surface area contributed by atoms with Gasteiger partial charge in [-0.3, -0.25) is 8.42 Å². The molecule has 0 atom stereocenters. The highest BCUT2D eigenvalue weighted by Gasteiger charge is 2.28. The minimum absolute atomic E-state index is 1.26. The summed E-state index contributed by atoms with van der Waals surface area (Å²) in [7, 11) is -5.17. The average molecular weight is 1320 g/mol. The fourth-order valence-electron chi connectivity index (χ4n) is 14.7. The van der Waals surface area contributed by atoms with Crippen LogP contribution in [0.15, 0.2) is 60.7 Å². The maximum atomic E-state index is 8.52. The molecule has 0 aliphatic heterocycles. The summed E-state index contributed by atoms with van der Waals surface area (Å²) in [6.07, 6.45) is 86.5. The molecule has 0 spiro atoms. The summed E-state index contributed by atoms with van der Waals surface area (Å²) in [6.45, 7) is 24.9. The van der Waals surface area contributed by atoms with Gasteiger partial charge in [-0.25, -0.2) is 0 Å². The molecule has 0 aliphatic rings. The fourth-order valence-corrected chi connectivity index (χ4v) is 14.7. The SMILES string of the molecule is CCCCCCCCCCCC[N+](CCCCCCCCCCCC)(CCCCCCCCCCCC)Cc1ccccc1.CCCCCCCCCCCC[N+](CCCCCCCCCCCC)(CCCCCCCCCCCC)Cc1ccccc1.O=S(=O)([O-])[O-]. The van der Waals surface area contributed by atoms with E-state index in [9.17, 15) is 0 Å². The van der Waals surface area contributed by atoms with Gasteiger partial charge in [-0.2, -0.15) is 0 Å². The second-order valence-corrected chi connectivity index (χ2v) is 30.6. The third kappa shape index (κ3) is 67.2. The van der Waals surface area contributed by atoms with E-state index in [4.69, 9.17) is 17.5 Å². The summed E-state index contributed by atoms with van der Waals surface area (Å²) >= 11 is 0. The second kappa shape index (κ2) is 71.5. The molecule has 6 nitrogen and oxygen atoms in total. The lowest BCUT2D eigenvalue weighted by Crippen LogP contribution is -2.49. The molecule has 0 fully saturated rings. The Labute approximate surface area is 584 Å². The Morgan fingerprint density at radius 3 is 0.462 bits per heavy atom. The van der Waals surface area contributed by atoms with Gasteiger partial charge in [0.15, 0.2) is 0 Å². The standard InChI is InChI=1S/2C43H82N.H2O4S/c2*1-4-7-10-13-16-19-22-25-28-34-39-44(42-43-37-32-31-33-38-43,40-35-29-26-23-20-17-14-11-8-5-2)41-36-30-27-24-21-18-15-12-9-6-3;1-5(2,3)4/h2*31-33,37-38H,4-30,34-36,39-42H2,1-3H3;(H2,1,2,3,4)/q2*+1;/p-2. The Hall–Kier alpha value is -1.77. The van der Waals surface area contributed by atoms with Crippen LogP contribution < -0.4 is 0 Å². The van der Waals surface area contributed by atoms with Crippen LogP contribution in [0.2, 0.25) is 0 Å². The lowest BCUT2D eigenvalue weighted by atomic mass is 10.0. The molecule has 2 aromatic carbocycles. The van der Waals surface area contributed by atoms with Crippen molar-refractivity contribution in [1.29, 1.82) is 0 Å². The normalized spacial score (nSPS) is 11.9. The van der Waals surface area contributed by atoms with Gasteiger partial charge < -0.3 is 18.1 Å². The predicted octanol–water partition coefficient (Wildman–Crippen LogP) is 28.2. The van der Waals surface area contributed by atoms with Gasteiger partial charge >= 0.3 is 0 Å². The fraction of sp³-hybridized carbons (Fsp3) is 0.860. The van der Waals surface area contributed by atoms with Crippen molar-refractivity contribution in [1.82, 2.24) is 0 Å². The summed E-state index contributed by atoms with van der Waals surface area (Å²) in [5.74, 6) is 0. The van der Waals surface area contributed by atoms with Gasteiger partial charge in [0.1, 0.15) is 13.1 Å². The summed E-state index contributed by atoms with van der Waals surface area (Å²) < 4.78 is 36.8. The Morgan fingerprint density at radius 2 is 0.333 bits per heavy atom. The number of rotatable bonds is 70. The highest BCUT2D eigenvalue weighted by molar-refractivity contribution is 7.79. The molecule has 0 radical (unpaired) electrons. The molecule has 0 unspecified atom stereocenters. The van der Waals surface area contributed by atoms with Gasteiger partial charge in [-0.05, 0) is 77.0 Å². The highest BCUT2D eigenvalue weighted by atomic mass is 32.3. The number of benzene rings is 2. The van der Waals surface area contributed by atoms with E-state index >= 15 is 0 Å². The van der Waals surface area contributed by atoms with Crippen molar-refractivity contribution >= 4 is 10.4 Å². The molecule has 0 amide bonds. The maximum Gasteiger partial charge on any atom is 0.104 e. The first-order valence-electron chi connectivity index (χ1n) is 42.0. The zero-order valence-electron chi connectivity index (χ0n) is 63.8. The van der Waals surface area contributed by atoms with E-state index in [0.29, 0.717) is 0 Å². The van der Waals surface area contributed by atoms with Crippen molar-refractivity contribution in [2.24, 2.45) is 0 Å². The molecule has 0 bridgehead atoms. The molecule has 0 saturated heterocycles. The Morgan fingerprint density at radius 1 is 0.215 bits per heavy atom. The number of quaternary nitrogens is 2. The molecular weight excluding hydrogens is 1160 g/mol.